The highest BCUT2D eigenvalue weighted by Gasteiger charge is 2.19. The summed E-state index contributed by atoms with van der Waals surface area (Å²) < 4.78 is 5.82. The van der Waals surface area contributed by atoms with Crippen molar-refractivity contribution in [1.82, 2.24) is 15.1 Å². The Labute approximate surface area is 138 Å². The van der Waals surface area contributed by atoms with Gasteiger partial charge in [-0.15, -0.1) is 10.2 Å². The topological polar surface area (TPSA) is 62.4 Å². The highest BCUT2D eigenvalue weighted by Crippen LogP contribution is 2.21. The maximum atomic E-state index is 9.08. The molecule has 0 saturated heterocycles. The fourth-order valence-corrected chi connectivity index (χ4v) is 2.58. The van der Waals surface area contributed by atoms with Gasteiger partial charge >= 0.3 is 0 Å². The fourth-order valence-electron chi connectivity index (χ4n) is 2.58. The second-order valence-corrected chi connectivity index (χ2v) is 7.22. The Balaban J connectivity index is 2.08. The Morgan fingerprint density at radius 3 is 2.65 bits per heavy atom. The van der Waals surface area contributed by atoms with Crippen molar-refractivity contribution in [2.75, 3.05) is 19.7 Å². The van der Waals surface area contributed by atoms with Gasteiger partial charge in [-0.05, 0) is 30.9 Å². The molecule has 0 unspecified atom stereocenters. The first-order chi connectivity index (χ1) is 10.9. The SMILES string of the molecule is Cc1cccc(-c2nnc(CN(CCCO)CC(C)(C)C)o2)c1. The third-order valence-electron chi connectivity index (χ3n) is 3.42. The van der Waals surface area contributed by atoms with Crippen molar-refractivity contribution in [3.05, 3.63) is 35.7 Å². The molecule has 0 radical (unpaired) electrons. The fraction of sp³-hybridized carbons (Fsp3) is 0.556. The van der Waals surface area contributed by atoms with Gasteiger partial charge in [0.2, 0.25) is 11.8 Å². The van der Waals surface area contributed by atoms with Crippen LogP contribution >= 0.6 is 0 Å². The molecule has 23 heavy (non-hydrogen) atoms. The quantitative estimate of drug-likeness (QED) is 0.849. The van der Waals surface area contributed by atoms with E-state index in [0.29, 0.717) is 18.3 Å². The van der Waals surface area contributed by atoms with Crippen LogP contribution in [0.5, 0.6) is 0 Å². The highest BCUT2D eigenvalue weighted by atomic mass is 16.4. The van der Waals surface area contributed by atoms with Gasteiger partial charge in [-0.1, -0.05) is 38.5 Å². The van der Waals surface area contributed by atoms with Crippen molar-refractivity contribution in [1.29, 1.82) is 0 Å². The molecule has 0 bridgehead atoms. The second-order valence-electron chi connectivity index (χ2n) is 7.22. The van der Waals surface area contributed by atoms with Gasteiger partial charge < -0.3 is 9.52 Å². The molecule has 0 saturated carbocycles. The molecule has 0 aliphatic heterocycles. The average Bonchev–Trinajstić information content (AvgIpc) is 2.92. The third kappa shape index (κ3) is 5.77. The number of hydrogen-bond acceptors (Lipinski definition) is 5. The lowest BCUT2D eigenvalue weighted by Crippen LogP contribution is -2.33. The minimum atomic E-state index is 0.175. The summed E-state index contributed by atoms with van der Waals surface area (Å²) >= 11 is 0. The molecule has 1 aromatic carbocycles. The summed E-state index contributed by atoms with van der Waals surface area (Å²) in [6.45, 7) is 11.2. The minimum absolute atomic E-state index is 0.175. The van der Waals surface area contributed by atoms with Crippen LogP contribution in [0.25, 0.3) is 11.5 Å². The van der Waals surface area contributed by atoms with E-state index in [4.69, 9.17) is 9.52 Å². The van der Waals surface area contributed by atoms with Gasteiger partial charge in [0.05, 0.1) is 6.54 Å². The Bertz CT molecular complexity index is 617. The molecule has 0 aliphatic carbocycles. The molecular formula is C18H27N3O2. The van der Waals surface area contributed by atoms with Gasteiger partial charge in [-0.25, -0.2) is 0 Å². The minimum Gasteiger partial charge on any atom is -0.419 e. The average molecular weight is 317 g/mol. The van der Waals surface area contributed by atoms with E-state index < -0.39 is 0 Å². The number of hydrogen-bond donors (Lipinski definition) is 1. The van der Waals surface area contributed by atoms with E-state index >= 15 is 0 Å². The molecule has 1 aromatic heterocycles. The van der Waals surface area contributed by atoms with Crippen molar-refractivity contribution >= 4 is 0 Å². The standard InChI is InChI=1S/C18H27N3O2/c1-14-7-5-8-15(11-14)17-20-19-16(23-17)12-21(9-6-10-22)13-18(2,3)4/h5,7-8,11,22H,6,9-10,12-13H2,1-4H3. The zero-order valence-electron chi connectivity index (χ0n) is 14.5. The number of aliphatic hydroxyl groups is 1. The van der Waals surface area contributed by atoms with Crippen LogP contribution in [0, 0.1) is 12.3 Å². The first kappa shape index (κ1) is 17.6. The monoisotopic (exact) mass is 317 g/mol. The van der Waals surface area contributed by atoms with Crippen LogP contribution in [0.1, 0.15) is 38.6 Å². The van der Waals surface area contributed by atoms with Gasteiger partial charge in [-0.3, -0.25) is 4.90 Å². The predicted octanol–water partition coefficient (Wildman–Crippen LogP) is 3.28. The van der Waals surface area contributed by atoms with E-state index in [2.05, 4.69) is 35.9 Å². The molecule has 2 aromatic rings. The molecule has 0 aliphatic rings. The summed E-state index contributed by atoms with van der Waals surface area (Å²) in [4.78, 5) is 2.25. The second kappa shape index (κ2) is 7.70. The van der Waals surface area contributed by atoms with Gasteiger partial charge in [0.25, 0.3) is 0 Å². The first-order valence-electron chi connectivity index (χ1n) is 8.10. The number of aryl methyl sites for hydroxylation is 1. The number of nitrogens with zero attached hydrogens (tertiary/aromatic N) is 3. The van der Waals surface area contributed by atoms with E-state index in [9.17, 15) is 0 Å². The Kier molecular flexibility index (Phi) is 5.91. The number of rotatable bonds is 7. The molecule has 5 nitrogen and oxygen atoms in total. The molecular weight excluding hydrogens is 290 g/mol. The maximum Gasteiger partial charge on any atom is 0.247 e. The first-order valence-corrected chi connectivity index (χ1v) is 8.10. The van der Waals surface area contributed by atoms with Crippen LogP contribution in [-0.4, -0.2) is 39.9 Å². The lowest BCUT2D eigenvalue weighted by molar-refractivity contribution is 0.155. The van der Waals surface area contributed by atoms with Gasteiger partial charge in [0.1, 0.15) is 0 Å². The number of aromatic nitrogens is 2. The van der Waals surface area contributed by atoms with Crippen LogP contribution in [0.15, 0.2) is 28.7 Å². The predicted molar refractivity (Wildman–Crippen MR) is 90.9 cm³/mol. The molecule has 5 heteroatoms. The molecule has 2 rings (SSSR count). The van der Waals surface area contributed by atoms with Crippen LogP contribution in [0.3, 0.4) is 0 Å². The lowest BCUT2D eigenvalue weighted by atomic mass is 9.96. The van der Waals surface area contributed by atoms with Crippen molar-refractivity contribution in [3.63, 3.8) is 0 Å². The van der Waals surface area contributed by atoms with Gasteiger partial charge in [0.15, 0.2) is 0 Å². The summed E-state index contributed by atoms with van der Waals surface area (Å²) in [6.07, 6.45) is 0.745. The largest absolute Gasteiger partial charge is 0.419 e. The normalized spacial score (nSPS) is 12.1. The molecule has 0 fully saturated rings. The Morgan fingerprint density at radius 2 is 2.00 bits per heavy atom. The lowest BCUT2D eigenvalue weighted by Gasteiger charge is -2.28. The van der Waals surface area contributed by atoms with Gasteiger partial charge in [-0.2, -0.15) is 0 Å². The van der Waals surface area contributed by atoms with E-state index in [-0.39, 0.29) is 12.0 Å². The summed E-state index contributed by atoms with van der Waals surface area (Å²) in [6, 6.07) is 8.04. The van der Waals surface area contributed by atoms with E-state index in [1.807, 2.05) is 31.2 Å². The molecule has 1 heterocycles. The summed E-state index contributed by atoms with van der Waals surface area (Å²) in [5, 5.41) is 17.4. The van der Waals surface area contributed by atoms with Crippen LogP contribution in [0.4, 0.5) is 0 Å². The van der Waals surface area contributed by atoms with Crippen molar-refractivity contribution < 1.29 is 9.52 Å². The molecule has 0 amide bonds. The molecule has 126 valence electrons. The van der Waals surface area contributed by atoms with Crippen molar-refractivity contribution in [2.24, 2.45) is 5.41 Å². The Hall–Kier alpha value is -1.72. The van der Waals surface area contributed by atoms with Gasteiger partial charge in [0, 0.05) is 25.3 Å². The van der Waals surface area contributed by atoms with E-state index in [1.54, 1.807) is 0 Å². The summed E-state index contributed by atoms with van der Waals surface area (Å²) in [7, 11) is 0. The summed E-state index contributed by atoms with van der Waals surface area (Å²) in [5.41, 5.74) is 2.29. The number of benzene rings is 1. The van der Waals surface area contributed by atoms with Crippen molar-refractivity contribution in [3.8, 4) is 11.5 Å². The van der Waals surface area contributed by atoms with Crippen LogP contribution < -0.4 is 0 Å². The maximum absolute atomic E-state index is 9.08. The summed E-state index contributed by atoms with van der Waals surface area (Å²) in [5.74, 6) is 1.17. The molecule has 1 N–H and O–H groups in total. The zero-order chi connectivity index (χ0) is 16.9. The Morgan fingerprint density at radius 1 is 1.22 bits per heavy atom. The highest BCUT2D eigenvalue weighted by molar-refractivity contribution is 5.53. The van der Waals surface area contributed by atoms with Crippen LogP contribution in [0.2, 0.25) is 0 Å². The smallest absolute Gasteiger partial charge is 0.247 e. The van der Waals surface area contributed by atoms with E-state index in [1.165, 1.54) is 5.56 Å². The third-order valence-corrected chi connectivity index (χ3v) is 3.42. The molecule has 0 atom stereocenters. The number of aliphatic hydroxyl groups excluding tert-OH is 1. The van der Waals surface area contributed by atoms with Crippen LogP contribution in [-0.2, 0) is 6.54 Å². The molecule has 0 spiro atoms. The van der Waals surface area contributed by atoms with E-state index in [0.717, 1.165) is 25.1 Å². The zero-order valence-corrected chi connectivity index (χ0v) is 14.5. The van der Waals surface area contributed by atoms with Crippen molar-refractivity contribution in [2.45, 2.75) is 40.7 Å².